The number of thioether (sulfide) groups is 1. The van der Waals surface area contributed by atoms with Crippen LogP contribution in [0.2, 0.25) is 5.02 Å². The predicted molar refractivity (Wildman–Crippen MR) is 143 cm³/mol. The van der Waals surface area contributed by atoms with Gasteiger partial charge in [-0.1, -0.05) is 29.4 Å². The zero-order chi connectivity index (χ0) is 26.8. The summed E-state index contributed by atoms with van der Waals surface area (Å²) >= 11 is 7.26. The zero-order valence-corrected chi connectivity index (χ0v) is 22.5. The molecule has 0 bridgehead atoms. The van der Waals surface area contributed by atoms with Crippen molar-refractivity contribution >= 4 is 46.9 Å². The Labute approximate surface area is 224 Å². The first kappa shape index (κ1) is 27.9. The standard InChI is InChI=1S/C25H28ClN5O5S/c1-5-31-22(14-27-23(32)11-7-16-6-9-20(35-3)21(12-16)36-4)29-30-25(31)37-15-24(33)28-18-13-17(26)8-10-19(18)34-2/h6-13H,5,14-15H2,1-4H3,(H,27,32)(H,28,33). The number of carbonyl (C=O) groups excluding carboxylic acids is 2. The predicted octanol–water partition coefficient (Wildman–Crippen LogP) is 4.04. The molecule has 12 heteroatoms. The maximum Gasteiger partial charge on any atom is 0.244 e. The Morgan fingerprint density at radius 3 is 2.46 bits per heavy atom. The molecule has 0 aliphatic carbocycles. The molecule has 2 N–H and O–H groups in total. The third-order valence-electron chi connectivity index (χ3n) is 5.13. The van der Waals surface area contributed by atoms with E-state index in [0.717, 1.165) is 5.56 Å². The maximum absolute atomic E-state index is 12.5. The van der Waals surface area contributed by atoms with E-state index in [1.165, 1.54) is 24.9 Å². The summed E-state index contributed by atoms with van der Waals surface area (Å²) in [5.41, 5.74) is 1.28. The van der Waals surface area contributed by atoms with E-state index in [1.807, 2.05) is 17.6 Å². The Hall–Kier alpha value is -3.70. The molecule has 0 unspecified atom stereocenters. The number of nitrogens with zero attached hydrogens (tertiary/aromatic N) is 3. The molecule has 1 aromatic heterocycles. The molecule has 1 heterocycles. The van der Waals surface area contributed by atoms with Crippen LogP contribution in [0.25, 0.3) is 6.08 Å². The van der Waals surface area contributed by atoms with Gasteiger partial charge in [0.25, 0.3) is 0 Å². The molecular weight excluding hydrogens is 518 g/mol. The van der Waals surface area contributed by atoms with Crippen LogP contribution >= 0.6 is 23.4 Å². The summed E-state index contributed by atoms with van der Waals surface area (Å²) in [5, 5.41) is 15.0. The van der Waals surface area contributed by atoms with Crippen LogP contribution in [0.4, 0.5) is 5.69 Å². The third-order valence-corrected chi connectivity index (χ3v) is 6.34. The molecule has 0 radical (unpaired) electrons. The van der Waals surface area contributed by atoms with Crippen molar-refractivity contribution in [1.82, 2.24) is 20.1 Å². The zero-order valence-electron chi connectivity index (χ0n) is 20.9. The Morgan fingerprint density at radius 2 is 1.76 bits per heavy atom. The molecule has 0 aliphatic rings. The number of amides is 2. The number of carbonyl (C=O) groups is 2. The van der Waals surface area contributed by atoms with Crippen molar-refractivity contribution < 1.29 is 23.8 Å². The highest BCUT2D eigenvalue weighted by Crippen LogP contribution is 2.29. The average molecular weight is 546 g/mol. The number of benzene rings is 2. The fraction of sp³-hybridized carbons (Fsp3) is 0.280. The number of ether oxygens (including phenoxy) is 3. The van der Waals surface area contributed by atoms with Gasteiger partial charge in [0.1, 0.15) is 5.75 Å². The van der Waals surface area contributed by atoms with Gasteiger partial charge in [-0.25, -0.2) is 0 Å². The lowest BCUT2D eigenvalue weighted by molar-refractivity contribution is -0.116. The number of halogens is 1. The van der Waals surface area contributed by atoms with Crippen LogP contribution in [-0.2, 0) is 22.7 Å². The maximum atomic E-state index is 12.5. The highest BCUT2D eigenvalue weighted by atomic mass is 35.5. The topological polar surface area (TPSA) is 117 Å². The lowest BCUT2D eigenvalue weighted by Crippen LogP contribution is -2.22. The van der Waals surface area contributed by atoms with Gasteiger partial charge in [0, 0.05) is 17.6 Å². The quantitative estimate of drug-likeness (QED) is 0.259. The number of hydrogen-bond donors (Lipinski definition) is 2. The second-order valence-electron chi connectivity index (χ2n) is 7.49. The molecule has 0 aliphatic heterocycles. The molecular formula is C25H28ClN5O5S. The Balaban J connectivity index is 1.55. The lowest BCUT2D eigenvalue weighted by atomic mass is 10.2. The van der Waals surface area contributed by atoms with Crippen molar-refractivity contribution in [2.45, 2.75) is 25.2 Å². The molecule has 10 nitrogen and oxygen atoms in total. The molecule has 37 heavy (non-hydrogen) atoms. The first-order valence-electron chi connectivity index (χ1n) is 11.2. The summed E-state index contributed by atoms with van der Waals surface area (Å²) in [4.78, 5) is 24.8. The second-order valence-corrected chi connectivity index (χ2v) is 8.87. The summed E-state index contributed by atoms with van der Waals surface area (Å²) in [6, 6.07) is 10.4. The molecule has 2 aromatic carbocycles. The first-order chi connectivity index (χ1) is 17.9. The molecule has 196 valence electrons. The van der Waals surface area contributed by atoms with E-state index in [4.69, 9.17) is 25.8 Å². The largest absolute Gasteiger partial charge is 0.495 e. The minimum atomic E-state index is -0.288. The second kappa shape index (κ2) is 13.6. The summed E-state index contributed by atoms with van der Waals surface area (Å²) in [6.45, 7) is 2.70. The van der Waals surface area contributed by atoms with E-state index in [1.54, 1.807) is 50.6 Å². The number of methoxy groups -OCH3 is 3. The molecule has 0 saturated heterocycles. The van der Waals surface area contributed by atoms with Crippen LogP contribution in [0.15, 0.2) is 47.6 Å². The van der Waals surface area contributed by atoms with Gasteiger partial charge in [0.2, 0.25) is 11.8 Å². The van der Waals surface area contributed by atoms with Gasteiger partial charge in [0.15, 0.2) is 22.5 Å². The Morgan fingerprint density at radius 1 is 1.03 bits per heavy atom. The van der Waals surface area contributed by atoms with E-state index >= 15 is 0 Å². The van der Waals surface area contributed by atoms with Crippen LogP contribution in [0, 0.1) is 0 Å². The van der Waals surface area contributed by atoms with Crippen LogP contribution in [0.3, 0.4) is 0 Å². The van der Waals surface area contributed by atoms with Gasteiger partial charge in [0.05, 0.1) is 39.3 Å². The van der Waals surface area contributed by atoms with Gasteiger partial charge in [-0.05, 0) is 48.9 Å². The van der Waals surface area contributed by atoms with Crippen LogP contribution in [0.5, 0.6) is 17.2 Å². The van der Waals surface area contributed by atoms with Gasteiger partial charge in [-0.2, -0.15) is 0 Å². The minimum absolute atomic E-state index is 0.105. The molecule has 0 spiro atoms. The molecule has 0 atom stereocenters. The molecule has 3 rings (SSSR count). The normalized spacial score (nSPS) is 10.8. The summed E-state index contributed by atoms with van der Waals surface area (Å²) < 4.78 is 17.6. The number of nitrogens with one attached hydrogen (secondary N) is 2. The fourth-order valence-corrected chi connectivity index (χ4v) is 4.32. The highest BCUT2D eigenvalue weighted by molar-refractivity contribution is 7.99. The molecule has 0 fully saturated rings. The fourth-order valence-electron chi connectivity index (χ4n) is 3.32. The van der Waals surface area contributed by atoms with Gasteiger partial charge < -0.3 is 29.4 Å². The first-order valence-corrected chi connectivity index (χ1v) is 12.6. The summed E-state index contributed by atoms with van der Waals surface area (Å²) in [6.07, 6.45) is 3.11. The molecule has 0 saturated carbocycles. The van der Waals surface area contributed by atoms with Crippen molar-refractivity contribution in [2.75, 3.05) is 32.4 Å². The summed E-state index contributed by atoms with van der Waals surface area (Å²) in [5.74, 6) is 1.85. The van der Waals surface area contributed by atoms with Crippen LogP contribution in [0.1, 0.15) is 18.3 Å². The van der Waals surface area contributed by atoms with Crippen LogP contribution in [-0.4, -0.2) is 53.7 Å². The van der Waals surface area contributed by atoms with Crippen molar-refractivity contribution in [2.24, 2.45) is 0 Å². The minimum Gasteiger partial charge on any atom is -0.495 e. The van der Waals surface area contributed by atoms with Gasteiger partial charge in [-0.3, -0.25) is 9.59 Å². The van der Waals surface area contributed by atoms with E-state index in [-0.39, 0.29) is 24.1 Å². The van der Waals surface area contributed by atoms with E-state index in [0.29, 0.717) is 45.5 Å². The third kappa shape index (κ3) is 7.64. The Kier molecular flexibility index (Phi) is 10.2. The lowest BCUT2D eigenvalue weighted by Gasteiger charge is -2.11. The van der Waals surface area contributed by atoms with E-state index < -0.39 is 0 Å². The van der Waals surface area contributed by atoms with Gasteiger partial charge in [-0.15, -0.1) is 10.2 Å². The van der Waals surface area contributed by atoms with E-state index in [2.05, 4.69) is 20.8 Å². The monoisotopic (exact) mass is 545 g/mol. The van der Waals surface area contributed by atoms with E-state index in [9.17, 15) is 9.59 Å². The molecule has 2 amide bonds. The smallest absolute Gasteiger partial charge is 0.244 e. The number of rotatable bonds is 12. The SMILES string of the molecule is CCn1c(CNC(=O)C=Cc2ccc(OC)c(OC)c2)nnc1SCC(=O)Nc1cc(Cl)ccc1OC. The van der Waals surface area contributed by atoms with Crippen molar-refractivity contribution in [3.8, 4) is 17.2 Å². The van der Waals surface area contributed by atoms with Crippen molar-refractivity contribution in [1.29, 1.82) is 0 Å². The number of anilines is 1. The molecule has 3 aromatic rings. The van der Waals surface area contributed by atoms with Crippen LogP contribution < -0.4 is 24.8 Å². The number of hydrogen-bond acceptors (Lipinski definition) is 8. The van der Waals surface area contributed by atoms with Crippen molar-refractivity contribution in [3.63, 3.8) is 0 Å². The summed E-state index contributed by atoms with van der Waals surface area (Å²) in [7, 11) is 4.63. The van der Waals surface area contributed by atoms with Gasteiger partial charge >= 0.3 is 0 Å². The highest BCUT2D eigenvalue weighted by Gasteiger charge is 2.15. The number of aromatic nitrogens is 3. The average Bonchev–Trinajstić information content (AvgIpc) is 3.31. The Bertz CT molecular complexity index is 1280. The van der Waals surface area contributed by atoms with Crippen molar-refractivity contribution in [3.05, 3.63) is 58.9 Å².